The van der Waals surface area contributed by atoms with Crippen LogP contribution in [0.4, 0.5) is 0 Å². The second-order valence-corrected chi connectivity index (χ2v) is 15.1. The Bertz CT molecular complexity index is 1840. The lowest BCUT2D eigenvalue weighted by Gasteiger charge is -2.27. The number of rotatable bonds is 15. The zero-order chi connectivity index (χ0) is 36.4. The molecule has 0 N–H and O–H groups in total. The van der Waals surface area contributed by atoms with Gasteiger partial charge in [-0.1, -0.05) is 101 Å². The first-order valence-electron chi connectivity index (χ1n) is 18.3. The van der Waals surface area contributed by atoms with Crippen molar-refractivity contribution in [2.24, 2.45) is 23.7 Å². The molecule has 2 heterocycles. The number of hydrogen-bond donors (Lipinski definition) is 0. The summed E-state index contributed by atoms with van der Waals surface area (Å²) in [5.74, 6) is 7.56. The van der Waals surface area contributed by atoms with Gasteiger partial charge in [0.15, 0.2) is 5.60 Å². The zero-order valence-electron chi connectivity index (χ0n) is 31.0. The van der Waals surface area contributed by atoms with Crippen LogP contribution >= 0.6 is 0 Å². The van der Waals surface area contributed by atoms with Crippen molar-refractivity contribution in [1.82, 2.24) is 0 Å². The third-order valence-electron chi connectivity index (χ3n) is 9.23. The largest absolute Gasteiger partial charge is 0.461 e. The van der Waals surface area contributed by atoms with Crippen LogP contribution in [-0.2, 0) is 36.8 Å². The topological polar surface area (TPSA) is 75.0 Å². The molecule has 0 aliphatic carbocycles. The summed E-state index contributed by atoms with van der Waals surface area (Å²) in [5.41, 5.74) is 4.34. The van der Waals surface area contributed by atoms with Crippen molar-refractivity contribution in [3.05, 3.63) is 119 Å². The fourth-order valence-corrected chi connectivity index (χ4v) is 6.72. The number of fused-ring (bicyclic) bond motifs is 1. The number of hydrogen-bond acceptors (Lipinski definition) is 6. The summed E-state index contributed by atoms with van der Waals surface area (Å²) in [6, 6.07) is 25.8. The Balaban J connectivity index is 1.23. The summed E-state index contributed by atoms with van der Waals surface area (Å²) in [4.78, 5) is 26.6. The van der Waals surface area contributed by atoms with Gasteiger partial charge in [0, 0.05) is 34.9 Å². The summed E-state index contributed by atoms with van der Waals surface area (Å²) >= 11 is 0. The van der Waals surface area contributed by atoms with E-state index in [0.717, 1.165) is 46.9 Å². The van der Waals surface area contributed by atoms with E-state index < -0.39 is 11.5 Å². The van der Waals surface area contributed by atoms with Crippen molar-refractivity contribution in [3.8, 4) is 11.8 Å². The molecule has 1 aromatic heterocycles. The van der Waals surface area contributed by atoms with Crippen LogP contribution in [0.15, 0.2) is 94.9 Å². The van der Waals surface area contributed by atoms with Crippen molar-refractivity contribution >= 4 is 22.9 Å². The molecule has 6 heteroatoms. The van der Waals surface area contributed by atoms with E-state index in [-0.39, 0.29) is 25.2 Å². The minimum atomic E-state index is -1.09. The van der Waals surface area contributed by atoms with E-state index in [2.05, 4.69) is 58.6 Å². The average molecular weight is 689 g/mol. The van der Waals surface area contributed by atoms with Crippen LogP contribution in [0.25, 0.3) is 11.0 Å². The van der Waals surface area contributed by atoms with Gasteiger partial charge in [-0.05, 0) is 85.9 Å². The van der Waals surface area contributed by atoms with Gasteiger partial charge in [-0.3, -0.25) is 4.79 Å². The minimum Gasteiger partial charge on any atom is -0.461 e. The predicted octanol–water partition coefficient (Wildman–Crippen LogP) is 9.79. The number of aryl methyl sites for hydroxylation is 1. The van der Waals surface area contributed by atoms with Crippen molar-refractivity contribution in [2.45, 2.75) is 85.9 Å². The summed E-state index contributed by atoms with van der Waals surface area (Å²) in [5, 5.41) is 0.928. The smallest absolute Gasteiger partial charge is 0.334 e. The zero-order valence-corrected chi connectivity index (χ0v) is 31.0. The van der Waals surface area contributed by atoms with E-state index in [1.807, 2.05) is 79.7 Å². The third-order valence-corrected chi connectivity index (χ3v) is 9.23. The van der Waals surface area contributed by atoms with Crippen molar-refractivity contribution in [1.29, 1.82) is 0 Å². The van der Waals surface area contributed by atoms with Crippen LogP contribution < -0.4 is 0 Å². The molecule has 1 saturated heterocycles. The molecule has 0 unspecified atom stereocenters. The molecule has 51 heavy (non-hydrogen) atoms. The highest BCUT2D eigenvalue weighted by atomic mass is 16.6. The molecule has 0 saturated carbocycles. The van der Waals surface area contributed by atoms with Crippen molar-refractivity contribution in [3.63, 3.8) is 0 Å². The molecular weight excluding hydrogens is 636 g/mol. The monoisotopic (exact) mass is 688 g/mol. The van der Waals surface area contributed by atoms with Gasteiger partial charge in [-0.15, -0.1) is 0 Å². The molecule has 4 aromatic rings. The van der Waals surface area contributed by atoms with Crippen LogP contribution in [0.1, 0.15) is 88.3 Å². The summed E-state index contributed by atoms with van der Waals surface area (Å²) in [7, 11) is 0. The Hall–Kier alpha value is -4.60. The number of furan rings is 1. The van der Waals surface area contributed by atoms with E-state index in [4.69, 9.17) is 18.6 Å². The van der Waals surface area contributed by atoms with Crippen LogP contribution in [0.2, 0.25) is 0 Å². The Labute approximate surface area is 303 Å². The van der Waals surface area contributed by atoms with E-state index in [1.54, 1.807) is 0 Å². The Kier molecular flexibility index (Phi) is 13.0. The fourth-order valence-electron chi connectivity index (χ4n) is 6.72. The van der Waals surface area contributed by atoms with Gasteiger partial charge in [0.2, 0.25) is 0 Å². The lowest BCUT2D eigenvalue weighted by Crippen LogP contribution is -2.41. The summed E-state index contributed by atoms with van der Waals surface area (Å²) in [6.07, 6.45) is 5.77. The number of carbonyl (C=O) groups excluding carboxylic acids is 2. The maximum Gasteiger partial charge on any atom is 0.334 e. The van der Waals surface area contributed by atoms with Crippen LogP contribution in [-0.4, -0.2) is 30.8 Å². The lowest BCUT2D eigenvalue weighted by molar-refractivity contribution is -0.171. The first kappa shape index (κ1) is 37.7. The molecule has 0 bridgehead atoms. The van der Waals surface area contributed by atoms with E-state index >= 15 is 0 Å². The number of cyclic esters (lactones) is 1. The maximum atomic E-state index is 13.4. The van der Waals surface area contributed by atoms with Crippen LogP contribution in [0.3, 0.4) is 0 Å². The molecule has 6 nitrogen and oxygen atoms in total. The molecular formula is C45H52O6. The normalized spacial score (nSPS) is 17.3. The first-order chi connectivity index (χ1) is 24.5. The Morgan fingerprint density at radius 2 is 1.57 bits per heavy atom. The average Bonchev–Trinajstić information content (AvgIpc) is 3.64. The van der Waals surface area contributed by atoms with Gasteiger partial charge in [-0.2, -0.15) is 0 Å². The number of benzene rings is 3. The molecule has 3 aromatic carbocycles. The molecule has 268 valence electrons. The second-order valence-electron chi connectivity index (χ2n) is 15.1. The molecule has 5 rings (SSSR count). The molecule has 0 amide bonds. The number of ether oxygens (including phenoxy) is 3. The van der Waals surface area contributed by atoms with Crippen LogP contribution in [0, 0.1) is 42.4 Å². The summed E-state index contributed by atoms with van der Waals surface area (Å²) in [6.45, 7) is 13.2. The molecule has 1 aliphatic heterocycles. The van der Waals surface area contributed by atoms with Gasteiger partial charge in [-0.25, -0.2) is 4.79 Å². The van der Waals surface area contributed by atoms with Crippen molar-refractivity contribution < 1.29 is 28.2 Å². The number of allylic oxidation sites excluding steroid dienone is 1. The van der Waals surface area contributed by atoms with Gasteiger partial charge in [0.25, 0.3) is 0 Å². The molecule has 1 fully saturated rings. The van der Waals surface area contributed by atoms with Gasteiger partial charge < -0.3 is 18.6 Å². The Morgan fingerprint density at radius 1 is 0.882 bits per heavy atom. The Morgan fingerprint density at radius 3 is 2.27 bits per heavy atom. The lowest BCUT2D eigenvalue weighted by atomic mass is 9.86. The van der Waals surface area contributed by atoms with Gasteiger partial charge in [0.05, 0.1) is 19.1 Å². The second kappa shape index (κ2) is 17.6. The van der Waals surface area contributed by atoms with E-state index in [0.29, 0.717) is 48.5 Å². The third kappa shape index (κ3) is 11.2. The highest BCUT2D eigenvalue weighted by Gasteiger charge is 2.45. The fraction of sp³-hybridized carbons (Fsp3) is 0.422. The van der Waals surface area contributed by atoms with E-state index in [9.17, 15) is 9.59 Å². The standard InChI is InChI=1S/C45H52O6/c1-31(2)22-38(23-32(3)4)18-20-39-27-45(51-44(39)47,29-48-28-37-10-8-7-9-11-37)30-49-43(46)34(6)24-41-26-40-25-36(19-21-42(40)50-41)17-16-35-14-12-33(5)13-15-35/h7-15,19-21,25-26,31-32,34,38H,18,22-24,27-30H2,1-6H3/b39-20+/t34-,45-/m1/s1. The number of carbonyl (C=O) groups is 2. The molecule has 1 aliphatic rings. The summed E-state index contributed by atoms with van der Waals surface area (Å²) < 4.78 is 24.1. The number of esters is 2. The van der Waals surface area contributed by atoms with Crippen LogP contribution in [0.5, 0.6) is 0 Å². The minimum absolute atomic E-state index is 0.0847. The highest BCUT2D eigenvalue weighted by molar-refractivity contribution is 5.91. The predicted molar refractivity (Wildman–Crippen MR) is 202 cm³/mol. The highest BCUT2D eigenvalue weighted by Crippen LogP contribution is 2.34. The quantitative estimate of drug-likeness (QED) is 0.0703. The SMILES string of the molecule is Cc1ccc(C#Cc2ccc3oc(C[C@@H](C)C(=O)OC[C@]4(COCc5ccccc5)C/C(=C\CC(CC(C)C)CC(C)C)C(=O)O4)cc3c2)cc1. The van der Waals surface area contributed by atoms with E-state index in [1.165, 1.54) is 5.56 Å². The van der Waals surface area contributed by atoms with Gasteiger partial charge in [0.1, 0.15) is 18.0 Å². The van der Waals surface area contributed by atoms with Gasteiger partial charge >= 0.3 is 11.9 Å². The van der Waals surface area contributed by atoms with Crippen molar-refractivity contribution in [2.75, 3.05) is 13.2 Å². The first-order valence-corrected chi connectivity index (χ1v) is 18.3. The molecule has 2 atom stereocenters. The molecule has 0 spiro atoms. The maximum absolute atomic E-state index is 13.4. The molecule has 0 radical (unpaired) electrons.